The van der Waals surface area contributed by atoms with Crippen LogP contribution < -0.4 is 14.8 Å². The lowest BCUT2D eigenvalue weighted by Crippen LogP contribution is -2.33. The molecule has 0 aliphatic carbocycles. The molecule has 1 unspecified atom stereocenters. The standard InChI is InChI=1S/C18H21NO3/c1-13(18(20)15-9-5-7-11-17(15)22-3)19-12-14-8-4-6-10-16(14)21-2/h4-11,13,19H,12H2,1-3H3. The maximum atomic E-state index is 12.5. The van der Waals surface area contributed by atoms with Gasteiger partial charge in [-0.2, -0.15) is 0 Å². The Hall–Kier alpha value is -2.33. The van der Waals surface area contributed by atoms with Gasteiger partial charge < -0.3 is 14.8 Å². The van der Waals surface area contributed by atoms with Gasteiger partial charge in [0, 0.05) is 12.1 Å². The Morgan fingerprint density at radius 2 is 1.59 bits per heavy atom. The molecule has 0 saturated carbocycles. The number of carbonyl (C=O) groups excluding carboxylic acids is 1. The van der Waals surface area contributed by atoms with Crippen LogP contribution in [0.3, 0.4) is 0 Å². The lowest BCUT2D eigenvalue weighted by molar-refractivity contribution is 0.0947. The number of para-hydroxylation sites is 2. The molecular formula is C18H21NO3. The highest BCUT2D eigenvalue weighted by atomic mass is 16.5. The molecular weight excluding hydrogens is 278 g/mol. The van der Waals surface area contributed by atoms with Gasteiger partial charge in [0.15, 0.2) is 5.78 Å². The van der Waals surface area contributed by atoms with E-state index in [1.54, 1.807) is 26.4 Å². The number of hydrogen-bond acceptors (Lipinski definition) is 4. The molecule has 0 aromatic heterocycles. The maximum absolute atomic E-state index is 12.5. The first-order valence-corrected chi connectivity index (χ1v) is 7.20. The monoisotopic (exact) mass is 299 g/mol. The van der Waals surface area contributed by atoms with Gasteiger partial charge in [-0.05, 0) is 25.1 Å². The van der Waals surface area contributed by atoms with Crippen LogP contribution in [-0.2, 0) is 6.54 Å². The van der Waals surface area contributed by atoms with E-state index < -0.39 is 0 Å². The summed E-state index contributed by atoms with van der Waals surface area (Å²) in [6, 6.07) is 14.7. The van der Waals surface area contributed by atoms with Crippen LogP contribution in [0.2, 0.25) is 0 Å². The summed E-state index contributed by atoms with van der Waals surface area (Å²) >= 11 is 0. The van der Waals surface area contributed by atoms with Gasteiger partial charge >= 0.3 is 0 Å². The summed E-state index contributed by atoms with van der Waals surface area (Å²) in [5.41, 5.74) is 1.61. The van der Waals surface area contributed by atoms with Gasteiger partial charge in [-0.3, -0.25) is 4.79 Å². The summed E-state index contributed by atoms with van der Waals surface area (Å²) in [6.07, 6.45) is 0. The predicted molar refractivity (Wildman–Crippen MR) is 86.6 cm³/mol. The average Bonchev–Trinajstić information content (AvgIpc) is 2.59. The fourth-order valence-corrected chi connectivity index (χ4v) is 2.29. The van der Waals surface area contributed by atoms with E-state index in [-0.39, 0.29) is 11.8 Å². The molecule has 0 radical (unpaired) electrons. The van der Waals surface area contributed by atoms with Crippen molar-refractivity contribution in [3.05, 3.63) is 59.7 Å². The van der Waals surface area contributed by atoms with Crippen molar-refractivity contribution in [2.45, 2.75) is 19.5 Å². The third kappa shape index (κ3) is 3.65. The molecule has 2 rings (SSSR count). The first-order valence-electron chi connectivity index (χ1n) is 7.20. The Bertz CT molecular complexity index is 640. The third-order valence-corrected chi connectivity index (χ3v) is 3.56. The molecule has 0 amide bonds. The number of methoxy groups -OCH3 is 2. The molecule has 1 atom stereocenters. The maximum Gasteiger partial charge on any atom is 0.183 e. The van der Waals surface area contributed by atoms with E-state index >= 15 is 0 Å². The zero-order chi connectivity index (χ0) is 15.9. The van der Waals surface area contributed by atoms with Crippen molar-refractivity contribution < 1.29 is 14.3 Å². The summed E-state index contributed by atoms with van der Waals surface area (Å²) in [5.74, 6) is 1.41. The Kier molecular flexibility index (Phi) is 5.55. The van der Waals surface area contributed by atoms with E-state index in [0.29, 0.717) is 17.9 Å². The van der Waals surface area contributed by atoms with E-state index in [1.165, 1.54) is 0 Å². The van der Waals surface area contributed by atoms with E-state index in [4.69, 9.17) is 9.47 Å². The fraction of sp³-hybridized carbons (Fsp3) is 0.278. The van der Waals surface area contributed by atoms with Gasteiger partial charge in [0.25, 0.3) is 0 Å². The molecule has 116 valence electrons. The molecule has 1 N–H and O–H groups in total. The predicted octanol–water partition coefficient (Wildman–Crippen LogP) is 3.06. The zero-order valence-electron chi connectivity index (χ0n) is 13.1. The quantitative estimate of drug-likeness (QED) is 0.798. The summed E-state index contributed by atoms with van der Waals surface area (Å²) in [7, 11) is 3.21. The number of Topliss-reactive ketones (excluding diaryl/α,β-unsaturated/α-hetero) is 1. The molecule has 0 saturated heterocycles. The van der Waals surface area contributed by atoms with Crippen molar-refractivity contribution in [3.8, 4) is 11.5 Å². The minimum atomic E-state index is -0.318. The first-order chi connectivity index (χ1) is 10.7. The van der Waals surface area contributed by atoms with Gasteiger partial charge in [0.1, 0.15) is 11.5 Å². The van der Waals surface area contributed by atoms with Crippen molar-refractivity contribution in [3.63, 3.8) is 0 Å². The van der Waals surface area contributed by atoms with Gasteiger partial charge in [0.05, 0.1) is 25.8 Å². The van der Waals surface area contributed by atoms with Gasteiger partial charge in [-0.25, -0.2) is 0 Å². The minimum Gasteiger partial charge on any atom is -0.496 e. The van der Waals surface area contributed by atoms with Crippen LogP contribution in [0, 0.1) is 0 Å². The molecule has 0 spiro atoms. The van der Waals surface area contributed by atoms with Crippen LogP contribution in [-0.4, -0.2) is 26.0 Å². The largest absolute Gasteiger partial charge is 0.496 e. The van der Waals surface area contributed by atoms with Crippen LogP contribution in [0.15, 0.2) is 48.5 Å². The van der Waals surface area contributed by atoms with Gasteiger partial charge in [-0.1, -0.05) is 30.3 Å². The Morgan fingerprint density at radius 3 is 2.27 bits per heavy atom. The van der Waals surface area contributed by atoms with Crippen molar-refractivity contribution in [2.75, 3.05) is 14.2 Å². The average molecular weight is 299 g/mol. The van der Waals surface area contributed by atoms with Crippen LogP contribution in [0.1, 0.15) is 22.8 Å². The second-order valence-electron chi connectivity index (χ2n) is 4.98. The van der Waals surface area contributed by atoms with E-state index in [0.717, 1.165) is 11.3 Å². The summed E-state index contributed by atoms with van der Waals surface area (Å²) in [4.78, 5) is 12.5. The normalized spacial score (nSPS) is 11.8. The van der Waals surface area contributed by atoms with E-state index in [2.05, 4.69) is 5.32 Å². The Morgan fingerprint density at radius 1 is 1.00 bits per heavy atom. The van der Waals surface area contributed by atoms with Crippen LogP contribution in [0.5, 0.6) is 11.5 Å². The number of ketones is 1. The van der Waals surface area contributed by atoms with E-state index in [9.17, 15) is 4.79 Å². The zero-order valence-corrected chi connectivity index (χ0v) is 13.1. The Labute approximate surface area is 131 Å². The molecule has 0 fully saturated rings. The molecule has 0 aliphatic heterocycles. The highest BCUT2D eigenvalue weighted by Crippen LogP contribution is 2.20. The fourth-order valence-electron chi connectivity index (χ4n) is 2.29. The number of nitrogens with one attached hydrogen (secondary N) is 1. The molecule has 2 aromatic carbocycles. The molecule has 2 aromatic rings. The highest BCUT2D eigenvalue weighted by Gasteiger charge is 2.18. The summed E-state index contributed by atoms with van der Waals surface area (Å²) in [5, 5.41) is 3.24. The minimum absolute atomic E-state index is 0.00680. The lowest BCUT2D eigenvalue weighted by atomic mass is 10.0. The van der Waals surface area contributed by atoms with Crippen molar-refractivity contribution in [1.82, 2.24) is 5.32 Å². The van der Waals surface area contributed by atoms with Crippen LogP contribution in [0.25, 0.3) is 0 Å². The van der Waals surface area contributed by atoms with Crippen LogP contribution >= 0.6 is 0 Å². The van der Waals surface area contributed by atoms with Crippen molar-refractivity contribution >= 4 is 5.78 Å². The van der Waals surface area contributed by atoms with Crippen molar-refractivity contribution in [1.29, 1.82) is 0 Å². The van der Waals surface area contributed by atoms with Gasteiger partial charge in [0.2, 0.25) is 0 Å². The number of benzene rings is 2. The lowest BCUT2D eigenvalue weighted by Gasteiger charge is -2.16. The van der Waals surface area contributed by atoms with Gasteiger partial charge in [-0.15, -0.1) is 0 Å². The molecule has 0 bridgehead atoms. The summed E-state index contributed by atoms with van der Waals surface area (Å²) < 4.78 is 10.6. The number of hydrogen-bond donors (Lipinski definition) is 1. The number of rotatable bonds is 7. The molecule has 4 nitrogen and oxygen atoms in total. The van der Waals surface area contributed by atoms with Crippen LogP contribution in [0.4, 0.5) is 0 Å². The number of ether oxygens (including phenoxy) is 2. The molecule has 0 heterocycles. The Balaban J connectivity index is 2.06. The highest BCUT2D eigenvalue weighted by molar-refractivity contribution is 6.02. The molecule has 4 heteroatoms. The second-order valence-corrected chi connectivity index (χ2v) is 4.98. The third-order valence-electron chi connectivity index (χ3n) is 3.56. The van der Waals surface area contributed by atoms with E-state index in [1.807, 2.05) is 43.3 Å². The topological polar surface area (TPSA) is 47.6 Å². The van der Waals surface area contributed by atoms with Crippen molar-refractivity contribution in [2.24, 2.45) is 0 Å². The summed E-state index contributed by atoms with van der Waals surface area (Å²) in [6.45, 7) is 2.41. The SMILES string of the molecule is COc1ccccc1CNC(C)C(=O)c1ccccc1OC. The second kappa shape index (κ2) is 7.61. The first kappa shape index (κ1) is 16.0. The molecule has 0 aliphatic rings. The molecule has 22 heavy (non-hydrogen) atoms. The number of carbonyl (C=O) groups is 1. The smallest absolute Gasteiger partial charge is 0.183 e.